The second-order valence-corrected chi connectivity index (χ2v) is 7.83. The van der Waals surface area contributed by atoms with Gasteiger partial charge in [-0.25, -0.2) is 9.78 Å². The number of para-hydroxylation sites is 1. The summed E-state index contributed by atoms with van der Waals surface area (Å²) in [7, 11) is 1.55. The number of esters is 1. The number of fused-ring (bicyclic) bond motifs is 1. The van der Waals surface area contributed by atoms with Gasteiger partial charge >= 0.3 is 5.97 Å². The zero-order chi connectivity index (χ0) is 21.8. The van der Waals surface area contributed by atoms with Gasteiger partial charge in [0.2, 0.25) is 0 Å². The zero-order valence-electron chi connectivity index (χ0n) is 17.0. The highest BCUT2D eigenvalue weighted by Gasteiger charge is 2.22. The van der Waals surface area contributed by atoms with E-state index < -0.39 is 18.0 Å². The van der Waals surface area contributed by atoms with Crippen molar-refractivity contribution in [3.05, 3.63) is 78.4 Å². The zero-order valence-corrected chi connectivity index (χ0v) is 17.8. The van der Waals surface area contributed by atoms with Gasteiger partial charge in [0, 0.05) is 17.3 Å². The summed E-state index contributed by atoms with van der Waals surface area (Å²) in [6.07, 6.45) is -0.984. The number of nitrogens with zero attached hydrogens (tertiary/aromatic N) is 1. The molecule has 0 bridgehead atoms. The fraction of sp³-hybridized carbons (Fsp3) is 0.125. The van der Waals surface area contributed by atoms with Gasteiger partial charge in [0.15, 0.2) is 6.10 Å². The number of benzene rings is 3. The van der Waals surface area contributed by atoms with Gasteiger partial charge in [-0.15, -0.1) is 11.3 Å². The van der Waals surface area contributed by atoms with E-state index in [9.17, 15) is 9.59 Å². The van der Waals surface area contributed by atoms with E-state index in [0.29, 0.717) is 22.6 Å². The molecule has 6 nitrogen and oxygen atoms in total. The number of carbonyl (C=O) groups is 2. The van der Waals surface area contributed by atoms with E-state index in [1.807, 2.05) is 36.4 Å². The maximum absolute atomic E-state index is 12.9. The number of ether oxygens (including phenoxy) is 2. The third-order valence-electron chi connectivity index (χ3n) is 4.66. The second-order valence-electron chi connectivity index (χ2n) is 6.80. The van der Waals surface area contributed by atoms with Crippen molar-refractivity contribution in [2.75, 3.05) is 12.4 Å². The number of aromatic nitrogens is 1. The third kappa shape index (κ3) is 4.57. The summed E-state index contributed by atoms with van der Waals surface area (Å²) in [6.45, 7) is 1.54. The minimum Gasteiger partial charge on any atom is -0.497 e. The number of hydrogen-bond acceptors (Lipinski definition) is 6. The van der Waals surface area contributed by atoms with Crippen LogP contribution in [0.15, 0.2) is 72.8 Å². The Balaban J connectivity index is 1.51. The molecular weight excluding hydrogens is 412 g/mol. The first-order chi connectivity index (χ1) is 15.0. The normalized spacial score (nSPS) is 11.7. The quantitative estimate of drug-likeness (QED) is 0.426. The van der Waals surface area contributed by atoms with Crippen LogP contribution >= 0.6 is 11.3 Å². The summed E-state index contributed by atoms with van der Waals surface area (Å²) < 4.78 is 11.6. The molecule has 3 aromatic carbocycles. The van der Waals surface area contributed by atoms with E-state index in [2.05, 4.69) is 10.3 Å². The first-order valence-corrected chi connectivity index (χ1v) is 10.5. The van der Waals surface area contributed by atoms with Crippen LogP contribution in [-0.4, -0.2) is 30.1 Å². The molecule has 31 heavy (non-hydrogen) atoms. The van der Waals surface area contributed by atoms with Crippen molar-refractivity contribution in [3.63, 3.8) is 0 Å². The van der Waals surface area contributed by atoms with Crippen LogP contribution in [0.4, 0.5) is 5.69 Å². The summed E-state index contributed by atoms with van der Waals surface area (Å²) in [4.78, 5) is 30.0. The van der Waals surface area contributed by atoms with Crippen molar-refractivity contribution < 1.29 is 19.1 Å². The van der Waals surface area contributed by atoms with Crippen LogP contribution in [-0.2, 0) is 9.53 Å². The maximum atomic E-state index is 12.9. The first-order valence-electron chi connectivity index (χ1n) is 9.66. The molecule has 0 aliphatic carbocycles. The first kappa shape index (κ1) is 20.6. The number of nitrogens with one attached hydrogen (secondary N) is 1. The highest BCUT2D eigenvalue weighted by Crippen LogP contribution is 2.32. The Bertz CT molecular complexity index is 1220. The van der Waals surface area contributed by atoms with Crippen LogP contribution in [0, 0.1) is 0 Å². The van der Waals surface area contributed by atoms with E-state index in [-0.39, 0.29) is 0 Å². The number of thiazole rings is 1. The molecule has 1 atom stereocenters. The van der Waals surface area contributed by atoms with Crippen molar-refractivity contribution in [1.29, 1.82) is 0 Å². The SMILES string of the molecule is COc1cccc(NC(=O)C(C)OC(=O)c2ccccc2-c2nc3ccccc3s2)c1. The number of methoxy groups -OCH3 is 1. The van der Waals surface area contributed by atoms with Crippen molar-refractivity contribution >= 4 is 39.1 Å². The van der Waals surface area contributed by atoms with Crippen LogP contribution in [0.3, 0.4) is 0 Å². The molecule has 1 aromatic heterocycles. The third-order valence-corrected chi connectivity index (χ3v) is 5.73. The van der Waals surface area contributed by atoms with E-state index in [4.69, 9.17) is 9.47 Å². The summed E-state index contributed by atoms with van der Waals surface area (Å²) >= 11 is 1.50. The number of rotatable bonds is 6. The molecule has 1 N–H and O–H groups in total. The summed E-state index contributed by atoms with van der Waals surface area (Å²) in [5, 5.41) is 3.46. The van der Waals surface area contributed by atoms with E-state index >= 15 is 0 Å². The average molecular weight is 433 g/mol. The van der Waals surface area contributed by atoms with Crippen molar-refractivity contribution in [3.8, 4) is 16.3 Å². The fourth-order valence-corrected chi connectivity index (χ4v) is 4.06. The van der Waals surface area contributed by atoms with Crippen molar-refractivity contribution in [2.24, 2.45) is 0 Å². The van der Waals surface area contributed by atoms with Gasteiger partial charge < -0.3 is 14.8 Å². The number of hydrogen-bond donors (Lipinski definition) is 1. The van der Waals surface area contributed by atoms with Crippen LogP contribution in [0.25, 0.3) is 20.8 Å². The smallest absolute Gasteiger partial charge is 0.339 e. The van der Waals surface area contributed by atoms with E-state index in [0.717, 1.165) is 15.2 Å². The molecule has 1 unspecified atom stereocenters. The molecule has 1 heterocycles. The molecule has 0 saturated carbocycles. The molecular formula is C24H20N2O4S. The molecule has 4 aromatic rings. The van der Waals surface area contributed by atoms with Gasteiger partial charge in [-0.2, -0.15) is 0 Å². The van der Waals surface area contributed by atoms with Crippen LogP contribution < -0.4 is 10.1 Å². The summed E-state index contributed by atoms with van der Waals surface area (Å²) in [5.74, 6) is -0.394. The number of amides is 1. The Morgan fingerprint density at radius 2 is 1.77 bits per heavy atom. The molecule has 0 spiro atoms. The molecule has 0 radical (unpaired) electrons. The molecule has 4 rings (SSSR count). The minimum atomic E-state index is -0.984. The van der Waals surface area contributed by atoms with Gasteiger partial charge in [-0.3, -0.25) is 4.79 Å². The standard InChI is InChI=1S/C24H20N2O4S/c1-15(22(27)25-16-8-7-9-17(14-16)29-2)30-24(28)19-11-4-3-10-18(19)23-26-20-12-5-6-13-21(20)31-23/h3-15H,1-2H3,(H,25,27). The predicted molar refractivity (Wildman–Crippen MR) is 122 cm³/mol. The van der Waals surface area contributed by atoms with Crippen LogP contribution in [0.2, 0.25) is 0 Å². The average Bonchev–Trinajstić information content (AvgIpc) is 3.23. The lowest BCUT2D eigenvalue weighted by molar-refractivity contribution is -0.123. The Hall–Kier alpha value is -3.71. The Morgan fingerprint density at radius 3 is 2.58 bits per heavy atom. The lowest BCUT2D eigenvalue weighted by Gasteiger charge is -2.15. The van der Waals surface area contributed by atoms with Crippen molar-refractivity contribution in [1.82, 2.24) is 4.98 Å². The number of carbonyl (C=O) groups excluding carboxylic acids is 2. The molecule has 1 amide bonds. The topological polar surface area (TPSA) is 77.5 Å². The highest BCUT2D eigenvalue weighted by molar-refractivity contribution is 7.21. The Kier molecular flexibility index (Phi) is 5.95. The minimum absolute atomic E-state index is 0.364. The highest BCUT2D eigenvalue weighted by atomic mass is 32.1. The van der Waals surface area contributed by atoms with Gasteiger partial charge in [0.1, 0.15) is 10.8 Å². The molecule has 7 heteroatoms. The second kappa shape index (κ2) is 8.97. The predicted octanol–water partition coefficient (Wildman–Crippen LogP) is 5.16. The lowest BCUT2D eigenvalue weighted by atomic mass is 10.1. The largest absolute Gasteiger partial charge is 0.497 e. The maximum Gasteiger partial charge on any atom is 0.339 e. The fourth-order valence-electron chi connectivity index (χ4n) is 3.06. The van der Waals surface area contributed by atoms with Gasteiger partial charge in [-0.1, -0.05) is 36.4 Å². The molecule has 0 fully saturated rings. The van der Waals surface area contributed by atoms with Gasteiger partial charge in [0.05, 0.1) is 22.9 Å². The molecule has 156 valence electrons. The summed E-state index contributed by atoms with van der Waals surface area (Å²) in [6, 6.07) is 21.9. The van der Waals surface area contributed by atoms with Crippen molar-refractivity contribution in [2.45, 2.75) is 13.0 Å². The van der Waals surface area contributed by atoms with E-state index in [1.54, 1.807) is 43.5 Å². The monoisotopic (exact) mass is 432 g/mol. The Morgan fingerprint density at radius 1 is 1.00 bits per heavy atom. The van der Waals surface area contributed by atoms with Crippen LogP contribution in [0.5, 0.6) is 5.75 Å². The van der Waals surface area contributed by atoms with E-state index in [1.165, 1.54) is 18.3 Å². The lowest BCUT2D eigenvalue weighted by Crippen LogP contribution is -2.30. The number of anilines is 1. The van der Waals surface area contributed by atoms with Gasteiger partial charge in [0.25, 0.3) is 5.91 Å². The molecule has 0 aliphatic rings. The molecule has 0 aliphatic heterocycles. The Labute approximate surface area is 183 Å². The van der Waals surface area contributed by atoms with Crippen LogP contribution in [0.1, 0.15) is 17.3 Å². The van der Waals surface area contributed by atoms with Gasteiger partial charge in [-0.05, 0) is 37.3 Å². The summed E-state index contributed by atoms with van der Waals surface area (Å²) in [5.41, 5.74) is 2.47. The molecule has 0 saturated heterocycles.